The summed E-state index contributed by atoms with van der Waals surface area (Å²) in [6, 6.07) is 0. The van der Waals surface area contributed by atoms with E-state index in [4.69, 9.17) is 5.11 Å². The highest BCUT2D eigenvalue weighted by Gasteiger charge is 1.99. The van der Waals surface area contributed by atoms with Crippen LogP contribution in [0.4, 0.5) is 0 Å². The first-order valence-electron chi connectivity index (χ1n) is 2.73. The SMILES string of the molecule is CC[S@@](=O)CCC(=O)O. The zero-order chi connectivity index (χ0) is 7.28. The van der Waals surface area contributed by atoms with Gasteiger partial charge in [0, 0.05) is 22.3 Å². The molecular formula is C5H10O3S. The second kappa shape index (κ2) is 4.49. The van der Waals surface area contributed by atoms with E-state index in [1.807, 2.05) is 0 Å². The average molecular weight is 150 g/mol. The van der Waals surface area contributed by atoms with E-state index in [0.717, 1.165) is 0 Å². The topological polar surface area (TPSA) is 54.4 Å². The molecule has 0 radical (unpaired) electrons. The van der Waals surface area contributed by atoms with Crippen molar-refractivity contribution in [3.05, 3.63) is 0 Å². The Bertz CT molecular complexity index is 121. The minimum Gasteiger partial charge on any atom is -0.481 e. The monoisotopic (exact) mass is 150 g/mol. The molecule has 0 aliphatic rings. The number of carboxylic acids is 1. The molecule has 3 nitrogen and oxygen atoms in total. The molecule has 0 bridgehead atoms. The van der Waals surface area contributed by atoms with Crippen LogP contribution in [0.2, 0.25) is 0 Å². The normalized spacial score (nSPS) is 13.0. The summed E-state index contributed by atoms with van der Waals surface area (Å²) in [6.07, 6.45) is 0.0143. The fourth-order valence-corrected chi connectivity index (χ4v) is 1.04. The molecule has 54 valence electrons. The van der Waals surface area contributed by atoms with Crippen molar-refractivity contribution >= 4 is 16.8 Å². The van der Waals surface area contributed by atoms with Crippen molar-refractivity contribution in [2.75, 3.05) is 11.5 Å². The van der Waals surface area contributed by atoms with E-state index in [-0.39, 0.29) is 12.2 Å². The summed E-state index contributed by atoms with van der Waals surface area (Å²) in [6.45, 7) is 1.78. The molecule has 0 saturated heterocycles. The molecule has 0 aromatic rings. The Labute approximate surface area is 56.5 Å². The maximum Gasteiger partial charge on any atom is 0.304 e. The lowest BCUT2D eigenvalue weighted by molar-refractivity contribution is -0.136. The van der Waals surface area contributed by atoms with Crippen molar-refractivity contribution in [3.8, 4) is 0 Å². The van der Waals surface area contributed by atoms with Gasteiger partial charge in [0.15, 0.2) is 0 Å². The fourth-order valence-electron chi connectivity index (χ4n) is 0.345. The molecule has 0 aliphatic heterocycles. The average Bonchev–Trinajstić information content (AvgIpc) is 1.83. The van der Waals surface area contributed by atoms with Crippen LogP contribution < -0.4 is 0 Å². The van der Waals surface area contributed by atoms with Gasteiger partial charge in [-0.25, -0.2) is 0 Å². The molecule has 0 unspecified atom stereocenters. The van der Waals surface area contributed by atoms with E-state index in [0.29, 0.717) is 5.75 Å². The van der Waals surface area contributed by atoms with Crippen LogP contribution in [0.15, 0.2) is 0 Å². The van der Waals surface area contributed by atoms with Crippen LogP contribution in [-0.4, -0.2) is 26.8 Å². The summed E-state index contributed by atoms with van der Waals surface area (Å²) < 4.78 is 10.6. The number of hydrogen-bond acceptors (Lipinski definition) is 2. The number of aliphatic carboxylic acids is 1. The molecule has 0 fully saturated rings. The highest BCUT2D eigenvalue weighted by Crippen LogP contribution is 1.86. The first kappa shape index (κ1) is 8.62. The predicted molar refractivity (Wildman–Crippen MR) is 35.8 cm³/mol. The highest BCUT2D eigenvalue weighted by molar-refractivity contribution is 7.84. The minimum absolute atomic E-state index is 0.0143. The van der Waals surface area contributed by atoms with E-state index in [2.05, 4.69) is 0 Å². The van der Waals surface area contributed by atoms with Gasteiger partial charge in [-0.3, -0.25) is 9.00 Å². The van der Waals surface area contributed by atoms with Gasteiger partial charge in [-0.2, -0.15) is 0 Å². The largest absolute Gasteiger partial charge is 0.481 e. The van der Waals surface area contributed by atoms with E-state index in [1.165, 1.54) is 0 Å². The second-order valence-corrected chi connectivity index (χ2v) is 3.44. The van der Waals surface area contributed by atoms with Crippen LogP contribution in [0.3, 0.4) is 0 Å². The Morgan fingerprint density at radius 2 is 2.22 bits per heavy atom. The molecule has 0 spiro atoms. The van der Waals surface area contributed by atoms with Crippen LogP contribution in [-0.2, 0) is 15.6 Å². The van der Waals surface area contributed by atoms with Gasteiger partial charge in [-0.05, 0) is 0 Å². The molecule has 9 heavy (non-hydrogen) atoms. The predicted octanol–water partition coefficient (Wildman–Crippen LogP) is 0.230. The van der Waals surface area contributed by atoms with E-state index in [9.17, 15) is 9.00 Å². The third kappa shape index (κ3) is 5.49. The second-order valence-electron chi connectivity index (χ2n) is 1.58. The maximum absolute atomic E-state index is 10.6. The van der Waals surface area contributed by atoms with E-state index in [1.54, 1.807) is 6.92 Å². The van der Waals surface area contributed by atoms with Crippen molar-refractivity contribution in [1.82, 2.24) is 0 Å². The summed E-state index contributed by atoms with van der Waals surface area (Å²) >= 11 is 0. The van der Waals surface area contributed by atoms with Gasteiger partial charge in [0.2, 0.25) is 0 Å². The molecule has 0 rings (SSSR count). The molecular weight excluding hydrogens is 140 g/mol. The Kier molecular flexibility index (Phi) is 4.30. The summed E-state index contributed by atoms with van der Waals surface area (Å²) in [5, 5.41) is 8.12. The standard InChI is InChI=1S/C5H10O3S/c1-2-9(8)4-3-5(6)7/h2-4H2,1H3,(H,6,7)/t9-/m1/s1. The molecule has 1 N–H and O–H groups in total. The lowest BCUT2D eigenvalue weighted by Crippen LogP contribution is -2.05. The van der Waals surface area contributed by atoms with Crippen LogP contribution in [0, 0.1) is 0 Å². The molecule has 0 aromatic carbocycles. The Hall–Kier alpha value is -0.380. The third-order valence-corrected chi connectivity index (χ3v) is 2.17. The number of rotatable bonds is 4. The van der Waals surface area contributed by atoms with Crippen LogP contribution in [0.5, 0.6) is 0 Å². The third-order valence-electron chi connectivity index (χ3n) is 0.866. The lowest BCUT2D eigenvalue weighted by Gasteiger charge is -1.92. The van der Waals surface area contributed by atoms with Crippen molar-refractivity contribution in [2.45, 2.75) is 13.3 Å². The molecule has 0 amide bonds. The molecule has 0 saturated carbocycles. The van der Waals surface area contributed by atoms with Crippen molar-refractivity contribution < 1.29 is 14.1 Å². The summed E-state index contributed by atoms with van der Waals surface area (Å²) in [7, 11) is -0.928. The highest BCUT2D eigenvalue weighted by atomic mass is 32.2. The van der Waals surface area contributed by atoms with Crippen LogP contribution in [0.25, 0.3) is 0 Å². The van der Waals surface area contributed by atoms with Crippen molar-refractivity contribution in [3.63, 3.8) is 0 Å². The lowest BCUT2D eigenvalue weighted by atomic mass is 10.5. The van der Waals surface area contributed by atoms with Gasteiger partial charge in [0.05, 0.1) is 6.42 Å². The maximum atomic E-state index is 10.6. The Balaban J connectivity index is 3.28. The molecule has 4 heteroatoms. The zero-order valence-electron chi connectivity index (χ0n) is 5.29. The van der Waals surface area contributed by atoms with Crippen LogP contribution in [0.1, 0.15) is 13.3 Å². The number of carbonyl (C=O) groups is 1. The molecule has 0 heterocycles. The summed E-state index contributed by atoms with van der Waals surface area (Å²) in [4.78, 5) is 9.89. The number of hydrogen-bond donors (Lipinski definition) is 1. The van der Waals surface area contributed by atoms with E-state index < -0.39 is 16.8 Å². The van der Waals surface area contributed by atoms with E-state index >= 15 is 0 Å². The molecule has 1 atom stereocenters. The Morgan fingerprint density at radius 3 is 2.56 bits per heavy atom. The van der Waals surface area contributed by atoms with Gasteiger partial charge >= 0.3 is 5.97 Å². The van der Waals surface area contributed by atoms with Gasteiger partial charge in [-0.1, -0.05) is 6.92 Å². The van der Waals surface area contributed by atoms with Crippen LogP contribution >= 0.6 is 0 Å². The fraction of sp³-hybridized carbons (Fsp3) is 0.800. The molecule has 0 aromatic heterocycles. The summed E-state index contributed by atoms with van der Waals surface area (Å²) in [5.41, 5.74) is 0. The minimum atomic E-state index is -0.928. The Morgan fingerprint density at radius 1 is 1.67 bits per heavy atom. The van der Waals surface area contributed by atoms with Gasteiger partial charge < -0.3 is 5.11 Å². The van der Waals surface area contributed by atoms with Gasteiger partial charge in [0.1, 0.15) is 0 Å². The zero-order valence-corrected chi connectivity index (χ0v) is 6.11. The first-order chi connectivity index (χ1) is 4.16. The first-order valence-corrected chi connectivity index (χ1v) is 4.22. The van der Waals surface area contributed by atoms with Gasteiger partial charge in [-0.15, -0.1) is 0 Å². The quantitative estimate of drug-likeness (QED) is 0.624. The van der Waals surface area contributed by atoms with Crippen molar-refractivity contribution in [1.29, 1.82) is 0 Å². The number of carboxylic acid groups (broad SMARTS) is 1. The smallest absolute Gasteiger partial charge is 0.304 e. The molecule has 0 aliphatic carbocycles. The van der Waals surface area contributed by atoms with Gasteiger partial charge in [0.25, 0.3) is 0 Å². The van der Waals surface area contributed by atoms with Crippen molar-refractivity contribution in [2.24, 2.45) is 0 Å². The summed E-state index contributed by atoms with van der Waals surface area (Å²) in [5.74, 6) is -0.0455.